The second-order valence-corrected chi connectivity index (χ2v) is 8.38. The van der Waals surface area contributed by atoms with E-state index in [1.54, 1.807) is 12.1 Å². The molecule has 2 heterocycles. The van der Waals surface area contributed by atoms with E-state index in [9.17, 15) is 9.59 Å². The van der Waals surface area contributed by atoms with Crippen LogP contribution in [0.5, 0.6) is 0 Å². The number of fused-ring (bicyclic) bond motifs is 1. The van der Waals surface area contributed by atoms with E-state index in [1.807, 2.05) is 0 Å². The van der Waals surface area contributed by atoms with E-state index >= 15 is 0 Å². The Morgan fingerprint density at radius 2 is 1.93 bits per heavy atom. The van der Waals surface area contributed by atoms with Gasteiger partial charge >= 0.3 is 5.97 Å². The molecule has 0 radical (unpaired) electrons. The predicted octanol–water partition coefficient (Wildman–Crippen LogP) is 3.86. The first-order valence-electron chi connectivity index (χ1n) is 9.95. The van der Waals surface area contributed by atoms with Gasteiger partial charge in [-0.15, -0.1) is 0 Å². The minimum atomic E-state index is -0.998. The standard InChI is InChI=1S/C21H27ClN4O3/c1-26(2)12-13-3-5-14(6-4-13)24-20-15(17(27)8-10-19(28)29)11-23-16-7-9-18(22)25-21(16)20/h7,9,11,13-14H,3-6,8,10,12H2,1-2H3,(H,23,24)(H,28,29). The normalized spacial score (nSPS) is 19.4. The number of aliphatic carboxylic acids is 1. The van der Waals surface area contributed by atoms with Crippen molar-refractivity contribution in [3.8, 4) is 0 Å². The molecule has 3 rings (SSSR count). The molecular formula is C21H27ClN4O3. The first kappa shape index (κ1) is 21.5. The molecule has 0 saturated heterocycles. The fourth-order valence-corrected chi connectivity index (χ4v) is 4.11. The SMILES string of the molecule is CN(C)CC1CCC(Nc2c(C(=O)CCC(=O)O)cnc3ccc(Cl)nc23)CC1. The molecule has 7 nitrogen and oxygen atoms in total. The number of nitrogens with one attached hydrogen (secondary N) is 1. The minimum absolute atomic E-state index is 0.0761. The molecule has 0 bridgehead atoms. The number of hydrogen-bond donors (Lipinski definition) is 2. The van der Waals surface area contributed by atoms with Crippen molar-refractivity contribution in [3.63, 3.8) is 0 Å². The van der Waals surface area contributed by atoms with E-state index in [1.165, 1.54) is 6.20 Å². The summed E-state index contributed by atoms with van der Waals surface area (Å²) in [6, 6.07) is 3.67. The number of pyridine rings is 2. The van der Waals surface area contributed by atoms with Crippen molar-refractivity contribution in [2.24, 2.45) is 5.92 Å². The lowest BCUT2D eigenvalue weighted by molar-refractivity contribution is -0.136. The van der Waals surface area contributed by atoms with Gasteiger partial charge in [0.1, 0.15) is 10.7 Å². The van der Waals surface area contributed by atoms with Gasteiger partial charge < -0.3 is 15.3 Å². The number of carboxylic acid groups (broad SMARTS) is 1. The van der Waals surface area contributed by atoms with Crippen LogP contribution < -0.4 is 5.32 Å². The molecule has 2 N–H and O–H groups in total. The molecule has 0 aliphatic heterocycles. The highest BCUT2D eigenvalue weighted by molar-refractivity contribution is 6.30. The maximum atomic E-state index is 12.7. The lowest BCUT2D eigenvalue weighted by Crippen LogP contribution is -2.31. The van der Waals surface area contributed by atoms with E-state index < -0.39 is 5.97 Å². The zero-order valence-corrected chi connectivity index (χ0v) is 17.6. The molecule has 0 atom stereocenters. The first-order chi connectivity index (χ1) is 13.8. The average Bonchev–Trinajstić information content (AvgIpc) is 2.67. The first-order valence-corrected chi connectivity index (χ1v) is 10.3. The van der Waals surface area contributed by atoms with Crippen LogP contribution in [0.2, 0.25) is 5.15 Å². The number of aromatic nitrogens is 2. The van der Waals surface area contributed by atoms with Gasteiger partial charge in [-0.1, -0.05) is 11.6 Å². The van der Waals surface area contributed by atoms with E-state index in [0.29, 0.717) is 33.4 Å². The van der Waals surface area contributed by atoms with Crippen molar-refractivity contribution >= 4 is 40.1 Å². The third kappa shape index (κ3) is 5.64. The molecule has 1 fully saturated rings. The number of halogens is 1. The number of rotatable bonds is 8. The van der Waals surface area contributed by atoms with E-state index in [4.69, 9.17) is 16.7 Å². The molecule has 2 aromatic heterocycles. The van der Waals surface area contributed by atoms with Crippen LogP contribution in [0, 0.1) is 5.92 Å². The number of ketones is 1. The summed E-state index contributed by atoms with van der Waals surface area (Å²) >= 11 is 6.10. The highest BCUT2D eigenvalue weighted by atomic mass is 35.5. The van der Waals surface area contributed by atoms with E-state index in [2.05, 4.69) is 34.3 Å². The second-order valence-electron chi connectivity index (χ2n) is 7.99. The Morgan fingerprint density at radius 1 is 1.21 bits per heavy atom. The molecular weight excluding hydrogens is 392 g/mol. The summed E-state index contributed by atoms with van der Waals surface area (Å²) in [5, 5.41) is 12.8. The minimum Gasteiger partial charge on any atom is -0.481 e. The fourth-order valence-electron chi connectivity index (χ4n) is 3.96. The molecule has 29 heavy (non-hydrogen) atoms. The molecule has 156 valence electrons. The topological polar surface area (TPSA) is 95.4 Å². The summed E-state index contributed by atoms with van der Waals surface area (Å²) in [4.78, 5) is 34.5. The largest absolute Gasteiger partial charge is 0.481 e. The molecule has 1 saturated carbocycles. The van der Waals surface area contributed by atoms with Gasteiger partial charge in [0.25, 0.3) is 0 Å². The summed E-state index contributed by atoms with van der Waals surface area (Å²) in [6.07, 6.45) is 5.48. The summed E-state index contributed by atoms with van der Waals surface area (Å²) < 4.78 is 0. The molecule has 0 amide bonds. The van der Waals surface area contributed by atoms with Gasteiger partial charge in [0.05, 0.1) is 23.2 Å². The van der Waals surface area contributed by atoms with Crippen molar-refractivity contribution in [1.29, 1.82) is 0 Å². The van der Waals surface area contributed by atoms with Crippen LogP contribution in [-0.2, 0) is 4.79 Å². The molecule has 2 aromatic rings. The Bertz CT molecular complexity index is 895. The molecule has 0 spiro atoms. The van der Waals surface area contributed by atoms with Gasteiger partial charge in [0, 0.05) is 25.2 Å². The average molecular weight is 419 g/mol. The van der Waals surface area contributed by atoms with Crippen molar-refractivity contribution in [2.75, 3.05) is 26.0 Å². The lowest BCUT2D eigenvalue weighted by atomic mass is 9.85. The van der Waals surface area contributed by atoms with Crippen molar-refractivity contribution in [1.82, 2.24) is 14.9 Å². The second kappa shape index (κ2) is 9.50. The van der Waals surface area contributed by atoms with Crippen molar-refractivity contribution in [3.05, 3.63) is 29.0 Å². The van der Waals surface area contributed by atoms with Crippen LogP contribution >= 0.6 is 11.6 Å². The van der Waals surface area contributed by atoms with Crippen LogP contribution in [0.1, 0.15) is 48.9 Å². The zero-order valence-electron chi connectivity index (χ0n) is 16.8. The lowest BCUT2D eigenvalue weighted by Gasteiger charge is -2.31. The van der Waals surface area contributed by atoms with Crippen molar-refractivity contribution in [2.45, 2.75) is 44.6 Å². The van der Waals surface area contributed by atoms with Gasteiger partial charge in [-0.25, -0.2) is 4.98 Å². The number of Topliss-reactive ketones (excluding diaryl/α,β-unsaturated/α-hetero) is 1. The maximum absolute atomic E-state index is 12.7. The Labute approximate surface area is 175 Å². The Kier molecular flexibility index (Phi) is 7.03. The van der Waals surface area contributed by atoms with Gasteiger partial charge in [-0.05, 0) is 57.8 Å². The van der Waals surface area contributed by atoms with E-state index in [0.717, 1.165) is 32.2 Å². The molecule has 1 aliphatic carbocycles. The fraction of sp³-hybridized carbons (Fsp3) is 0.524. The number of carbonyl (C=O) groups is 2. The molecule has 8 heteroatoms. The van der Waals surface area contributed by atoms with Crippen LogP contribution in [0.4, 0.5) is 5.69 Å². The van der Waals surface area contributed by atoms with Crippen LogP contribution in [-0.4, -0.2) is 58.4 Å². The predicted molar refractivity (Wildman–Crippen MR) is 114 cm³/mol. The molecule has 1 aliphatic rings. The summed E-state index contributed by atoms with van der Waals surface area (Å²) in [6.45, 7) is 1.08. The number of nitrogens with zero attached hydrogens (tertiary/aromatic N) is 3. The molecule has 0 unspecified atom stereocenters. The van der Waals surface area contributed by atoms with Gasteiger partial charge in [-0.2, -0.15) is 0 Å². The Morgan fingerprint density at radius 3 is 2.59 bits per heavy atom. The summed E-state index contributed by atoms with van der Waals surface area (Å²) in [5.41, 5.74) is 2.19. The van der Waals surface area contributed by atoms with Gasteiger partial charge in [0.15, 0.2) is 5.78 Å². The van der Waals surface area contributed by atoms with Gasteiger partial charge in [0.2, 0.25) is 0 Å². The summed E-state index contributed by atoms with van der Waals surface area (Å²) in [5.74, 6) is -0.573. The smallest absolute Gasteiger partial charge is 0.303 e. The number of carboxylic acids is 1. The number of carbonyl (C=O) groups excluding carboxylic acids is 1. The number of hydrogen-bond acceptors (Lipinski definition) is 6. The zero-order chi connectivity index (χ0) is 21.0. The Hall–Kier alpha value is -2.25. The maximum Gasteiger partial charge on any atom is 0.303 e. The summed E-state index contributed by atoms with van der Waals surface area (Å²) in [7, 11) is 4.19. The van der Waals surface area contributed by atoms with E-state index in [-0.39, 0.29) is 24.7 Å². The van der Waals surface area contributed by atoms with Crippen molar-refractivity contribution < 1.29 is 14.7 Å². The third-order valence-corrected chi connectivity index (χ3v) is 5.57. The van der Waals surface area contributed by atoms with Crippen LogP contribution in [0.15, 0.2) is 18.3 Å². The Balaban J connectivity index is 1.85. The van der Waals surface area contributed by atoms with Crippen LogP contribution in [0.25, 0.3) is 11.0 Å². The third-order valence-electron chi connectivity index (χ3n) is 5.36. The highest BCUT2D eigenvalue weighted by Gasteiger charge is 2.25. The highest BCUT2D eigenvalue weighted by Crippen LogP contribution is 2.32. The quantitative estimate of drug-likeness (QED) is 0.496. The number of anilines is 1. The van der Waals surface area contributed by atoms with Crippen LogP contribution in [0.3, 0.4) is 0 Å². The van der Waals surface area contributed by atoms with Gasteiger partial charge in [-0.3, -0.25) is 14.6 Å². The molecule has 0 aromatic carbocycles. The monoisotopic (exact) mass is 418 g/mol.